The predicted molar refractivity (Wildman–Crippen MR) is 119 cm³/mol. The predicted octanol–water partition coefficient (Wildman–Crippen LogP) is 5.09. The van der Waals surface area contributed by atoms with Gasteiger partial charge in [0, 0.05) is 33.1 Å². The van der Waals surface area contributed by atoms with Gasteiger partial charge in [-0.15, -0.1) is 11.3 Å². The second kappa shape index (κ2) is 7.67. The molecule has 1 saturated carbocycles. The fourth-order valence-electron chi connectivity index (χ4n) is 3.87. The zero-order chi connectivity index (χ0) is 21.5. The first kappa shape index (κ1) is 20.3. The third-order valence-electron chi connectivity index (χ3n) is 5.42. The molecular weight excluding hydrogens is 397 g/mol. The van der Waals surface area contributed by atoms with Crippen molar-refractivity contribution in [2.75, 3.05) is 0 Å². The molecule has 2 aromatic rings. The van der Waals surface area contributed by atoms with E-state index in [1.54, 1.807) is 23.5 Å². The molecule has 4 rings (SSSR count). The van der Waals surface area contributed by atoms with E-state index < -0.39 is 11.4 Å². The number of aliphatic hydroxyl groups is 1. The van der Waals surface area contributed by atoms with Crippen LogP contribution >= 0.6 is 11.3 Å². The molecular formula is C24H22FN3OS. The Labute approximate surface area is 179 Å². The molecule has 2 aliphatic carbocycles. The number of allylic oxidation sites excluding steroid dienone is 5. The first-order valence-corrected chi connectivity index (χ1v) is 10.6. The monoisotopic (exact) mass is 419 g/mol. The molecule has 0 radical (unpaired) electrons. The normalized spacial score (nSPS) is 24.4. The van der Waals surface area contributed by atoms with E-state index in [0.717, 1.165) is 32.0 Å². The van der Waals surface area contributed by atoms with Crippen LogP contribution in [0.25, 0.3) is 16.7 Å². The highest BCUT2D eigenvalue weighted by Gasteiger charge is 2.37. The van der Waals surface area contributed by atoms with Crippen molar-refractivity contribution in [1.29, 1.82) is 10.7 Å². The minimum Gasteiger partial charge on any atom is -0.390 e. The number of halogens is 1. The average Bonchev–Trinajstić information content (AvgIpc) is 3.07. The molecule has 0 spiro atoms. The molecule has 2 aliphatic rings. The van der Waals surface area contributed by atoms with E-state index in [1.807, 2.05) is 44.3 Å². The van der Waals surface area contributed by atoms with Gasteiger partial charge in [-0.3, -0.25) is 0 Å². The maximum absolute atomic E-state index is 14.2. The highest BCUT2D eigenvalue weighted by atomic mass is 32.1. The van der Waals surface area contributed by atoms with E-state index in [1.165, 1.54) is 12.1 Å². The topological polar surface area (TPSA) is 79.9 Å². The number of hydrogen-bond acceptors (Lipinski definition) is 5. The molecule has 0 saturated heterocycles. The summed E-state index contributed by atoms with van der Waals surface area (Å²) in [7, 11) is 0. The Morgan fingerprint density at radius 1 is 1.33 bits per heavy atom. The van der Waals surface area contributed by atoms with Crippen LogP contribution in [0.2, 0.25) is 0 Å². The Kier molecular flexibility index (Phi) is 5.19. The van der Waals surface area contributed by atoms with E-state index in [-0.39, 0.29) is 11.6 Å². The van der Waals surface area contributed by atoms with Gasteiger partial charge in [0.25, 0.3) is 0 Å². The fraction of sp³-hybridized carbons (Fsp3) is 0.250. The summed E-state index contributed by atoms with van der Waals surface area (Å²) < 4.78 is 14.2. The van der Waals surface area contributed by atoms with Crippen LogP contribution < -0.4 is 5.32 Å². The molecule has 30 heavy (non-hydrogen) atoms. The molecule has 1 aromatic heterocycles. The Morgan fingerprint density at radius 3 is 2.77 bits per heavy atom. The maximum Gasteiger partial charge on any atom is 0.141 e. The van der Waals surface area contributed by atoms with Crippen molar-refractivity contribution in [3.05, 3.63) is 75.4 Å². The van der Waals surface area contributed by atoms with Gasteiger partial charge in [-0.05, 0) is 68.2 Å². The van der Waals surface area contributed by atoms with Crippen LogP contribution in [0.5, 0.6) is 0 Å². The Bertz CT molecular complexity index is 1160. The lowest BCUT2D eigenvalue weighted by Gasteiger charge is -2.41. The van der Waals surface area contributed by atoms with E-state index >= 15 is 0 Å². The van der Waals surface area contributed by atoms with Crippen molar-refractivity contribution in [2.45, 2.75) is 38.3 Å². The molecule has 0 unspecified atom stereocenters. The summed E-state index contributed by atoms with van der Waals surface area (Å²) in [6.07, 6.45) is 8.85. The van der Waals surface area contributed by atoms with Gasteiger partial charge in [-0.1, -0.05) is 12.1 Å². The van der Waals surface area contributed by atoms with E-state index in [0.29, 0.717) is 18.6 Å². The van der Waals surface area contributed by atoms with Gasteiger partial charge in [0.1, 0.15) is 11.9 Å². The van der Waals surface area contributed by atoms with Gasteiger partial charge in [0.05, 0.1) is 16.9 Å². The molecule has 1 fully saturated rings. The van der Waals surface area contributed by atoms with Gasteiger partial charge < -0.3 is 15.8 Å². The van der Waals surface area contributed by atoms with Crippen molar-refractivity contribution in [1.82, 2.24) is 5.32 Å². The summed E-state index contributed by atoms with van der Waals surface area (Å²) >= 11 is 1.62. The Morgan fingerprint density at radius 2 is 2.10 bits per heavy atom. The Balaban J connectivity index is 1.65. The first-order chi connectivity index (χ1) is 14.3. The van der Waals surface area contributed by atoms with E-state index in [2.05, 4.69) is 5.32 Å². The molecule has 0 aliphatic heterocycles. The molecule has 3 N–H and O–H groups in total. The van der Waals surface area contributed by atoms with Crippen LogP contribution in [0, 0.1) is 29.5 Å². The van der Waals surface area contributed by atoms with Crippen LogP contribution in [0.4, 0.5) is 4.39 Å². The molecule has 1 aromatic carbocycles. The number of hydrogen-bond donors (Lipinski definition) is 3. The smallest absolute Gasteiger partial charge is 0.141 e. The second-order valence-corrected chi connectivity index (χ2v) is 9.38. The molecule has 0 atom stereocenters. The number of nitrogens with zero attached hydrogens (tertiary/aromatic N) is 1. The average molecular weight is 420 g/mol. The number of rotatable bonds is 4. The van der Waals surface area contributed by atoms with Crippen LogP contribution in [0.15, 0.2) is 54.3 Å². The molecule has 4 nitrogen and oxygen atoms in total. The van der Waals surface area contributed by atoms with Crippen LogP contribution in [0.3, 0.4) is 0 Å². The summed E-state index contributed by atoms with van der Waals surface area (Å²) in [4.78, 5) is 2.10. The van der Waals surface area contributed by atoms with E-state index in [4.69, 9.17) is 10.7 Å². The maximum atomic E-state index is 14.2. The minimum atomic E-state index is -0.600. The summed E-state index contributed by atoms with van der Waals surface area (Å²) in [5.74, 6) is -0.527. The van der Waals surface area contributed by atoms with Crippen LogP contribution in [-0.2, 0) is 0 Å². The van der Waals surface area contributed by atoms with E-state index in [9.17, 15) is 9.50 Å². The quantitative estimate of drug-likeness (QED) is 0.645. The van der Waals surface area contributed by atoms with Gasteiger partial charge in [0.15, 0.2) is 0 Å². The molecule has 0 amide bonds. The number of aryl methyl sites for hydroxylation is 1. The number of thiophene rings is 1. The summed E-state index contributed by atoms with van der Waals surface area (Å²) in [5, 5.41) is 30.4. The number of nitriles is 1. The van der Waals surface area contributed by atoms with Crippen molar-refractivity contribution >= 4 is 22.6 Å². The highest BCUT2D eigenvalue weighted by molar-refractivity contribution is 7.13. The van der Waals surface area contributed by atoms with Crippen LogP contribution in [0.1, 0.15) is 35.1 Å². The Hall–Kier alpha value is -3.01. The zero-order valence-electron chi connectivity index (χ0n) is 16.8. The lowest BCUT2D eigenvalue weighted by molar-refractivity contribution is -0.0354. The summed E-state index contributed by atoms with van der Waals surface area (Å²) in [6, 6.07) is 8.76. The third kappa shape index (κ3) is 4.00. The number of nitrogens with one attached hydrogen (secondary N) is 2. The van der Waals surface area contributed by atoms with Crippen molar-refractivity contribution < 1.29 is 9.50 Å². The largest absolute Gasteiger partial charge is 0.390 e. The first-order valence-electron chi connectivity index (χ1n) is 9.74. The van der Waals surface area contributed by atoms with Crippen molar-refractivity contribution in [3.8, 4) is 17.2 Å². The van der Waals surface area contributed by atoms with Gasteiger partial charge in [0.2, 0.25) is 0 Å². The van der Waals surface area contributed by atoms with Crippen LogP contribution in [-0.4, -0.2) is 22.5 Å². The highest BCUT2D eigenvalue weighted by Crippen LogP contribution is 2.39. The molecule has 6 heteroatoms. The molecule has 152 valence electrons. The molecule has 1 heterocycles. The standard InChI is InChI=1S/C24H22FN3OS/c1-14-7-20(15-3-4-17(12-26)21(25)9-15)23(30-14)16-5-6-22(27)18(8-16)13-28-19-10-24(2,29)11-19/h3-9,13,19,27-29H,10-11H2,1-2H3/b18-13-,27-22?. The summed E-state index contributed by atoms with van der Waals surface area (Å²) in [5.41, 5.74) is 3.20. The fourth-order valence-corrected chi connectivity index (χ4v) is 4.90. The van der Waals surface area contributed by atoms with Crippen molar-refractivity contribution in [2.24, 2.45) is 0 Å². The molecule has 0 bridgehead atoms. The summed E-state index contributed by atoms with van der Waals surface area (Å²) in [6.45, 7) is 3.84. The number of benzene rings is 1. The lowest BCUT2D eigenvalue weighted by atomic mass is 9.77. The van der Waals surface area contributed by atoms with Crippen molar-refractivity contribution in [3.63, 3.8) is 0 Å². The minimum absolute atomic E-state index is 0.0312. The second-order valence-electron chi connectivity index (χ2n) is 8.12. The van der Waals surface area contributed by atoms with Gasteiger partial charge in [-0.25, -0.2) is 4.39 Å². The lowest BCUT2D eigenvalue weighted by Crippen LogP contribution is -2.50. The zero-order valence-corrected chi connectivity index (χ0v) is 17.6. The van der Waals surface area contributed by atoms with Gasteiger partial charge >= 0.3 is 0 Å². The third-order valence-corrected chi connectivity index (χ3v) is 6.52. The van der Waals surface area contributed by atoms with Gasteiger partial charge in [-0.2, -0.15) is 5.26 Å². The SMILES string of the molecule is Cc1cc(-c2ccc(C#N)c(F)c2)c(C2=C/C(=C/NC3CC(C)(O)C3)C(=N)C=C2)s1.